The van der Waals surface area contributed by atoms with Crippen molar-refractivity contribution < 1.29 is 9.53 Å². The first kappa shape index (κ1) is 12.5. The maximum atomic E-state index is 11.9. The predicted molar refractivity (Wildman–Crippen MR) is 59.4 cm³/mol. The lowest BCUT2D eigenvalue weighted by atomic mass is 9.97. The largest absolute Gasteiger partial charge is 0.383 e. The highest BCUT2D eigenvalue weighted by Crippen LogP contribution is 2.31. The zero-order chi connectivity index (χ0) is 11.3. The lowest BCUT2D eigenvalue weighted by molar-refractivity contribution is -0.126. The fourth-order valence-corrected chi connectivity index (χ4v) is 2.21. The number of nitrogens with two attached hydrogens (primary N) is 1. The third-order valence-electron chi connectivity index (χ3n) is 3.20. The minimum Gasteiger partial charge on any atom is -0.383 e. The second-order valence-electron chi connectivity index (χ2n) is 4.41. The molecule has 1 fully saturated rings. The first-order valence-corrected chi connectivity index (χ1v) is 5.68. The normalized spacial score (nSPS) is 27.7. The highest BCUT2D eigenvalue weighted by molar-refractivity contribution is 5.79. The molecule has 0 heterocycles. The number of carbonyl (C=O) groups excluding carboxylic acids is 1. The fraction of sp³-hybridized carbons (Fsp3) is 0.909. The summed E-state index contributed by atoms with van der Waals surface area (Å²) in [5, 5.41) is 2.95. The van der Waals surface area contributed by atoms with Crippen LogP contribution in [0.5, 0.6) is 0 Å². The monoisotopic (exact) mass is 214 g/mol. The minimum absolute atomic E-state index is 0.0460. The lowest BCUT2D eigenvalue weighted by Crippen LogP contribution is -2.46. The molecule has 0 aromatic rings. The molecular formula is C11H22N2O2. The van der Waals surface area contributed by atoms with Crippen LogP contribution in [-0.2, 0) is 9.53 Å². The first-order valence-electron chi connectivity index (χ1n) is 5.68. The van der Waals surface area contributed by atoms with E-state index in [-0.39, 0.29) is 17.9 Å². The van der Waals surface area contributed by atoms with Gasteiger partial charge in [-0.05, 0) is 18.8 Å². The lowest BCUT2D eigenvalue weighted by Gasteiger charge is -2.20. The van der Waals surface area contributed by atoms with E-state index in [0.717, 1.165) is 19.3 Å². The third-order valence-corrected chi connectivity index (χ3v) is 3.20. The van der Waals surface area contributed by atoms with Crippen molar-refractivity contribution in [2.45, 2.75) is 32.2 Å². The Morgan fingerprint density at radius 1 is 1.60 bits per heavy atom. The summed E-state index contributed by atoms with van der Waals surface area (Å²) in [6, 6.07) is -0.0460. The zero-order valence-electron chi connectivity index (χ0n) is 9.66. The van der Waals surface area contributed by atoms with E-state index in [2.05, 4.69) is 12.2 Å². The van der Waals surface area contributed by atoms with Gasteiger partial charge in [0.05, 0.1) is 12.6 Å². The Bertz CT molecular complexity index is 209. The molecule has 0 saturated heterocycles. The van der Waals surface area contributed by atoms with Crippen molar-refractivity contribution in [3.8, 4) is 0 Å². The molecule has 4 nitrogen and oxygen atoms in total. The van der Waals surface area contributed by atoms with Gasteiger partial charge in [-0.15, -0.1) is 0 Å². The maximum absolute atomic E-state index is 11.9. The Morgan fingerprint density at radius 3 is 2.80 bits per heavy atom. The van der Waals surface area contributed by atoms with Gasteiger partial charge in [-0.25, -0.2) is 0 Å². The SMILES string of the molecule is COCC(CN)NC(=O)C1CCCC1C. The number of amides is 1. The molecule has 0 aliphatic heterocycles. The summed E-state index contributed by atoms with van der Waals surface area (Å²) < 4.78 is 4.99. The van der Waals surface area contributed by atoms with Gasteiger partial charge in [0.2, 0.25) is 5.91 Å². The molecule has 0 radical (unpaired) electrons. The van der Waals surface area contributed by atoms with E-state index in [1.165, 1.54) is 0 Å². The van der Waals surface area contributed by atoms with E-state index in [4.69, 9.17) is 10.5 Å². The number of rotatable bonds is 5. The highest BCUT2D eigenvalue weighted by Gasteiger charge is 2.30. The molecule has 88 valence electrons. The second-order valence-corrected chi connectivity index (χ2v) is 4.41. The van der Waals surface area contributed by atoms with Gasteiger partial charge in [0.25, 0.3) is 0 Å². The minimum atomic E-state index is -0.0460. The number of hydrogen-bond acceptors (Lipinski definition) is 3. The molecule has 1 rings (SSSR count). The van der Waals surface area contributed by atoms with Crippen molar-refractivity contribution in [1.29, 1.82) is 0 Å². The molecule has 3 N–H and O–H groups in total. The number of carbonyl (C=O) groups is 1. The number of nitrogens with one attached hydrogen (secondary N) is 1. The Morgan fingerprint density at radius 2 is 2.33 bits per heavy atom. The van der Waals surface area contributed by atoms with Gasteiger partial charge in [-0.3, -0.25) is 4.79 Å². The average molecular weight is 214 g/mol. The van der Waals surface area contributed by atoms with Crippen LogP contribution in [0.3, 0.4) is 0 Å². The molecular weight excluding hydrogens is 192 g/mol. The molecule has 0 spiro atoms. The maximum Gasteiger partial charge on any atom is 0.223 e. The fourth-order valence-electron chi connectivity index (χ4n) is 2.21. The van der Waals surface area contributed by atoms with Gasteiger partial charge < -0.3 is 15.8 Å². The Hall–Kier alpha value is -0.610. The summed E-state index contributed by atoms with van der Waals surface area (Å²) in [6.45, 7) is 3.06. The number of ether oxygens (including phenoxy) is 1. The van der Waals surface area contributed by atoms with Crippen molar-refractivity contribution in [3.63, 3.8) is 0 Å². The summed E-state index contributed by atoms with van der Waals surface area (Å²) in [4.78, 5) is 11.9. The van der Waals surface area contributed by atoms with Crippen LogP contribution in [0.2, 0.25) is 0 Å². The van der Waals surface area contributed by atoms with Crippen LogP contribution in [0, 0.1) is 11.8 Å². The number of hydrogen-bond donors (Lipinski definition) is 2. The zero-order valence-corrected chi connectivity index (χ0v) is 9.66. The van der Waals surface area contributed by atoms with E-state index in [0.29, 0.717) is 19.1 Å². The quantitative estimate of drug-likeness (QED) is 0.701. The Labute approximate surface area is 91.5 Å². The van der Waals surface area contributed by atoms with Crippen LogP contribution < -0.4 is 11.1 Å². The smallest absolute Gasteiger partial charge is 0.223 e. The van der Waals surface area contributed by atoms with Crippen molar-refractivity contribution >= 4 is 5.91 Å². The van der Waals surface area contributed by atoms with Crippen LogP contribution in [0.1, 0.15) is 26.2 Å². The summed E-state index contributed by atoms with van der Waals surface area (Å²) in [7, 11) is 1.62. The van der Waals surface area contributed by atoms with E-state index >= 15 is 0 Å². The van der Waals surface area contributed by atoms with Crippen molar-refractivity contribution in [2.75, 3.05) is 20.3 Å². The van der Waals surface area contributed by atoms with E-state index in [1.807, 2.05) is 0 Å². The van der Waals surface area contributed by atoms with Crippen molar-refractivity contribution in [1.82, 2.24) is 5.32 Å². The summed E-state index contributed by atoms with van der Waals surface area (Å²) in [6.07, 6.45) is 3.34. The van der Waals surface area contributed by atoms with Gasteiger partial charge in [0.15, 0.2) is 0 Å². The highest BCUT2D eigenvalue weighted by atomic mass is 16.5. The molecule has 0 aromatic carbocycles. The molecule has 0 bridgehead atoms. The number of methoxy groups -OCH3 is 1. The molecule has 1 aliphatic rings. The van der Waals surface area contributed by atoms with Gasteiger partial charge in [0.1, 0.15) is 0 Å². The van der Waals surface area contributed by atoms with Crippen LogP contribution in [-0.4, -0.2) is 32.2 Å². The van der Waals surface area contributed by atoms with Gasteiger partial charge in [-0.1, -0.05) is 13.3 Å². The topological polar surface area (TPSA) is 64.3 Å². The standard InChI is InChI=1S/C11H22N2O2/c1-8-4-3-5-10(8)11(14)13-9(6-12)7-15-2/h8-10H,3-7,12H2,1-2H3,(H,13,14). The Kier molecular flexibility index (Phi) is 5.05. The summed E-state index contributed by atoms with van der Waals surface area (Å²) >= 11 is 0. The van der Waals surface area contributed by atoms with Gasteiger partial charge in [0, 0.05) is 19.6 Å². The molecule has 3 unspecified atom stereocenters. The molecule has 1 saturated carbocycles. The van der Waals surface area contributed by atoms with Crippen LogP contribution >= 0.6 is 0 Å². The third kappa shape index (κ3) is 3.47. The molecule has 4 heteroatoms. The van der Waals surface area contributed by atoms with Crippen molar-refractivity contribution in [2.24, 2.45) is 17.6 Å². The Balaban J connectivity index is 2.39. The summed E-state index contributed by atoms with van der Waals surface area (Å²) in [5.74, 6) is 0.828. The summed E-state index contributed by atoms with van der Waals surface area (Å²) in [5.41, 5.74) is 5.55. The molecule has 3 atom stereocenters. The van der Waals surface area contributed by atoms with Gasteiger partial charge >= 0.3 is 0 Å². The van der Waals surface area contributed by atoms with E-state index in [1.54, 1.807) is 7.11 Å². The van der Waals surface area contributed by atoms with Crippen molar-refractivity contribution in [3.05, 3.63) is 0 Å². The van der Waals surface area contributed by atoms with Crippen LogP contribution in [0.25, 0.3) is 0 Å². The molecule has 0 aromatic heterocycles. The molecule has 1 aliphatic carbocycles. The van der Waals surface area contributed by atoms with E-state index < -0.39 is 0 Å². The van der Waals surface area contributed by atoms with E-state index in [9.17, 15) is 4.79 Å². The molecule has 15 heavy (non-hydrogen) atoms. The van der Waals surface area contributed by atoms with Crippen LogP contribution in [0.4, 0.5) is 0 Å². The first-order chi connectivity index (χ1) is 7.19. The second kappa shape index (κ2) is 6.08. The molecule has 1 amide bonds. The predicted octanol–water partition coefficient (Wildman–Crippen LogP) is 0.513. The van der Waals surface area contributed by atoms with Crippen LogP contribution in [0.15, 0.2) is 0 Å². The average Bonchev–Trinajstić information content (AvgIpc) is 2.63. The van der Waals surface area contributed by atoms with Gasteiger partial charge in [-0.2, -0.15) is 0 Å².